The molecule has 1 aromatic rings. The standard InChI is InChI=1S/C20H27BF2N2O3/c1-7-19(5,6)25(8-2)13(3)12-17(24-14(4)26)28-20(21,27)15-10-9-11-16(22)18(15)23/h9-12,27H,7-8H2,1-6H3/b13-12+,24-17?. The molecule has 2 radical (unpaired) electrons. The monoisotopic (exact) mass is 392 g/mol. The van der Waals surface area contributed by atoms with Crippen LogP contribution in [0.15, 0.2) is 35.0 Å². The quantitative estimate of drug-likeness (QED) is 0.333. The maximum absolute atomic E-state index is 14.0. The second kappa shape index (κ2) is 9.32. The van der Waals surface area contributed by atoms with Gasteiger partial charge in [0.1, 0.15) is 0 Å². The van der Waals surface area contributed by atoms with Crippen LogP contribution in [-0.4, -0.2) is 41.7 Å². The maximum Gasteiger partial charge on any atom is 0.245 e. The minimum absolute atomic E-state index is 0.190. The van der Waals surface area contributed by atoms with Gasteiger partial charge in [-0.1, -0.05) is 19.1 Å². The van der Waals surface area contributed by atoms with Crippen LogP contribution in [0.3, 0.4) is 0 Å². The summed E-state index contributed by atoms with van der Waals surface area (Å²) in [7, 11) is 5.67. The molecule has 0 aromatic heterocycles. The van der Waals surface area contributed by atoms with Crippen molar-refractivity contribution in [3.8, 4) is 0 Å². The summed E-state index contributed by atoms with van der Waals surface area (Å²) < 4.78 is 32.8. The van der Waals surface area contributed by atoms with Gasteiger partial charge in [0.2, 0.25) is 11.8 Å². The molecule has 0 fully saturated rings. The lowest BCUT2D eigenvalue weighted by molar-refractivity contribution is -0.116. The van der Waals surface area contributed by atoms with E-state index >= 15 is 0 Å². The number of amides is 1. The fraction of sp³-hybridized carbons (Fsp3) is 0.500. The van der Waals surface area contributed by atoms with E-state index in [4.69, 9.17) is 12.6 Å². The Kier molecular flexibility index (Phi) is 7.93. The molecule has 28 heavy (non-hydrogen) atoms. The molecule has 1 rings (SSSR count). The zero-order valence-electron chi connectivity index (χ0n) is 17.2. The van der Waals surface area contributed by atoms with Gasteiger partial charge in [0.15, 0.2) is 25.2 Å². The highest BCUT2D eigenvalue weighted by atomic mass is 19.2. The number of carbonyl (C=O) groups excluding carboxylic acids is 1. The zero-order valence-corrected chi connectivity index (χ0v) is 17.2. The summed E-state index contributed by atoms with van der Waals surface area (Å²) in [4.78, 5) is 17.3. The van der Waals surface area contributed by atoms with E-state index in [0.717, 1.165) is 18.6 Å². The Morgan fingerprint density at radius 2 is 1.93 bits per heavy atom. The number of hydrogen-bond acceptors (Lipinski definition) is 4. The van der Waals surface area contributed by atoms with Gasteiger partial charge in [-0.15, -0.1) is 0 Å². The Morgan fingerprint density at radius 3 is 2.43 bits per heavy atom. The molecule has 0 aliphatic rings. The van der Waals surface area contributed by atoms with Crippen molar-refractivity contribution in [3.05, 3.63) is 47.2 Å². The Balaban J connectivity index is 3.33. The third-order valence-electron chi connectivity index (χ3n) is 4.54. The second-order valence-corrected chi connectivity index (χ2v) is 7.06. The van der Waals surface area contributed by atoms with E-state index in [0.29, 0.717) is 12.2 Å². The third-order valence-corrected chi connectivity index (χ3v) is 4.54. The number of allylic oxidation sites excluding steroid dienone is 1. The number of ether oxygens (including phenoxy) is 1. The van der Waals surface area contributed by atoms with E-state index in [1.807, 2.05) is 13.8 Å². The van der Waals surface area contributed by atoms with Crippen LogP contribution in [0.1, 0.15) is 53.5 Å². The molecular formula is C20H27BF2N2O3. The second-order valence-electron chi connectivity index (χ2n) is 7.06. The molecule has 0 saturated carbocycles. The van der Waals surface area contributed by atoms with E-state index in [1.165, 1.54) is 19.1 Å². The maximum atomic E-state index is 14.0. The van der Waals surface area contributed by atoms with Gasteiger partial charge in [-0.05, 0) is 40.2 Å². The minimum Gasteiger partial charge on any atom is -0.451 e. The molecule has 1 amide bonds. The van der Waals surface area contributed by atoms with Crippen molar-refractivity contribution in [2.45, 2.75) is 59.2 Å². The van der Waals surface area contributed by atoms with Crippen molar-refractivity contribution >= 4 is 19.7 Å². The molecule has 1 atom stereocenters. The van der Waals surface area contributed by atoms with E-state index in [9.17, 15) is 18.7 Å². The van der Waals surface area contributed by atoms with Crippen molar-refractivity contribution in [2.75, 3.05) is 6.54 Å². The molecule has 1 aromatic carbocycles. The van der Waals surface area contributed by atoms with Crippen molar-refractivity contribution in [2.24, 2.45) is 4.99 Å². The van der Waals surface area contributed by atoms with E-state index in [1.54, 1.807) is 6.92 Å². The van der Waals surface area contributed by atoms with Crippen molar-refractivity contribution in [1.82, 2.24) is 4.90 Å². The van der Waals surface area contributed by atoms with Gasteiger partial charge in [0.05, 0.1) is 5.56 Å². The molecule has 0 spiro atoms. The Hall–Kier alpha value is -2.22. The third kappa shape index (κ3) is 5.89. The van der Waals surface area contributed by atoms with Crippen LogP contribution in [0.5, 0.6) is 0 Å². The van der Waals surface area contributed by atoms with E-state index in [-0.39, 0.29) is 11.4 Å². The fourth-order valence-electron chi connectivity index (χ4n) is 2.84. The van der Waals surface area contributed by atoms with Crippen LogP contribution >= 0.6 is 0 Å². The first-order valence-corrected chi connectivity index (χ1v) is 9.05. The van der Waals surface area contributed by atoms with Crippen LogP contribution in [0, 0.1) is 11.6 Å². The molecular weight excluding hydrogens is 365 g/mol. The van der Waals surface area contributed by atoms with Crippen molar-refractivity contribution in [1.29, 1.82) is 0 Å². The fourth-order valence-corrected chi connectivity index (χ4v) is 2.84. The van der Waals surface area contributed by atoms with Crippen molar-refractivity contribution in [3.63, 3.8) is 0 Å². The molecule has 0 heterocycles. The van der Waals surface area contributed by atoms with Gasteiger partial charge >= 0.3 is 0 Å². The van der Waals surface area contributed by atoms with Crippen LogP contribution in [0.25, 0.3) is 0 Å². The predicted molar refractivity (Wildman–Crippen MR) is 106 cm³/mol. The van der Waals surface area contributed by atoms with Gasteiger partial charge in [-0.3, -0.25) is 4.79 Å². The highest BCUT2D eigenvalue weighted by Gasteiger charge is 2.31. The molecule has 1 N–H and O–H groups in total. The molecule has 1 unspecified atom stereocenters. The zero-order chi connectivity index (χ0) is 21.7. The smallest absolute Gasteiger partial charge is 0.245 e. The van der Waals surface area contributed by atoms with Crippen LogP contribution in [0.2, 0.25) is 0 Å². The largest absolute Gasteiger partial charge is 0.451 e. The lowest BCUT2D eigenvalue weighted by Gasteiger charge is -2.40. The lowest BCUT2D eigenvalue weighted by atomic mass is 9.86. The van der Waals surface area contributed by atoms with Gasteiger partial charge in [0.25, 0.3) is 0 Å². The molecule has 0 aliphatic heterocycles. The Labute approximate surface area is 166 Å². The number of benzene rings is 1. The highest BCUT2D eigenvalue weighted by Crippen LogP contribution is 2.26. The number of aliphatic hydroxyl groups is 1. The number of hydrogen-bond donors (Lipinski definition) is 1. The summed E-state index contributed by atoms with van der Waals surface area (Å²) in [6.07, 6.45) is 2.28. The average Bonchev–Trinajstić information content (AvgIpc) is 2.56. The summed E-state index contributed by atoms with van der Waals surface area (Å²) >= 11 is 0. The van der Waals surface area contributed by atoms with E-state index < -0.39 is 28.8 Å². The summed E-state index contributed by atoms with van der Waals surface area (Å²) in [6, 6.07) is 3.15. The van der Waals surface area contributed by atoms with Gasteiger partial charge in [0, 0.05) is 30.8 Å². The van der Waals surface area contributed by atoms with Crippen LogP contribution in [-0.2, 0) is 15.2 Å². The minimum atomic E-state index is -2.73. The van der Waals surface area contributed by atoms with Crippen LogP contribution in [0.4, 0.5) is 8.78 Å². The van der Waals surface area contributed by atoms with Gasteiger partial charge in [-0.25, -0.2) is 8.78 Å². The molecule has 8 heteroatoms. The molecule has 0 saturated heterocycles. The number of rotatable bonds is 7. The molecule has 0 bridgehead atoms. The van der Waals surface area contributed by atoms with Crippen molar-refractivity contribution < 1.29 is 23.4 Å². The average molecular weight is 392 g/mol. The number of nitrogens with zero attached hydrogens (tertiary/aromatic N) is 2. The first kappa shape index (κ1) is 23.8. The Morgan fingerprint density at radius 1 is 1.32 bits per heavy atom. The first-order valence-electron chi connectivity index (χ1n) is 9.05. The molecule has 152 valence electrons. The first-order chi connectivity index (χ1) is 12.9. The molecule has 5 nitrogen and oxygen atoms in total. The van der Waals surface area contributed by atoms with E-state index in [2.05, 4.69) is 23.7 Å². The Bertz CT molecular complexity index is 777. The summed E-state index contributed by atoms with van der Waals surface area (Å²) in [5.41, 5.74) is -2.83. The highest BCUT2D eigenvalue weighted by molar-refractivity contribution is 6.15. The summed E-state index contributed by atoms with van der Waals surface area (Å²) in [5.74, 6) is -3.46. The number of halogens is 2. The SMILES string of the molecule is [B]C(O)(OC(/C=C(\C)N(CC)C(C)(C)CC)=NC(C)=O)c1cccc(F)c1F. The molecule has 0 aliphatic carbocycles. The number of carbonyl (C=O) groups is 1. The topological polar surface area (TPSA) is 62.1 Å². The predicted octanol–water partition coefficient (Wildman–Crippen LogP) is 3.61. The lowest BCUT2D eigenvalue weighted by Crippen LogP contribution is -2.42. The summed E-state index contributed by atoms with van der Waals surface area (Å²) in [5, 5.41) is 10.4. The normalized spacial score (nSPS) is 15.2. The number of aliphatic imine (C=N–C) groups is 1. The van der Waals surface area contributed by atoms with Gasteiger partial charge < -0.3 is 14.7 Å². The van der Waals surface area contributed by atoms with Crippen LogP contribution < -0.4 is 0 Å². The summed E-state index contributed by atoms with van der Waals surface area (Å²) in [6.45, 7) is 11.8. The van der Waals surface area contributed by atoms with Gasteiger partial charge in [-0.2, -0.15) is 4.99 Å².